The van der Waals surface area contributed by atoms with Crippen LogP contribution in [0.25, 0.3) is 16.9 Å². The third-order valence-corrected chi connectivity index (χ3v) is 5.78. The summed E-state index contributed by atoms with van der Waals surface area (Å²) in [5.41, 5.74) is 2.41. The van der Waals surface area contributed by atoms with Crippen molar-refractivity contribution >= 4 is 17.5 Å². The second-order valence-electron chi connectivity index (χ2n) is 7.91. The molecule has 0 radical (unpaired) electrons. The maximum Gasteiger partial charge on any atom is 0.344 e. The van der Waals surface area contributed by atoms with Crippen LogP contribution in [-0.2, 0) is 9.53 Å². The molecule has 0 spiro atoms. The van der Waals surface area contributed by atoms with Crippen molar-refractivity contribution in [3.05, 3.63) is 54.4 Å². The summed E-state index contributed by atoms with van der Waals surface area (Å²) in [6.07, 6.45) is 6.57. The van der Waals surface area contributed by atoms with Crippen LogP contribution in [0, 0.1) is 5.92 Å². The fourth-order valence-electron chi connectivity index (χ4n) is 3.97. The third kappa shape index (κ3) is 4.06. The van der Waals surface area contributed by atoms with Crippen LogP contribution in [0.2, 0.25) is 0 Å². The van der Waals surface area contributed by atoms with Crippen molar-refractivity contribution in [1.82, 2.24) is 19.9 Å². The van der Waals surface area contributed by atoms with Crippen molar-refractivity contribution in [1.29, 1.82) is 0 Å². The fourth-order valence-corrected chi connectivity index (χ4v) is 3.97. The van der Waals surface area contributed by atoms with Crippen LogP contribution in [0.15, 0.2) is 48.8 Å². The first kappa shape index (κ1) is 20.1. The minimum Gasteiger partial charge on any atom is -0.449 e. The molecule has 3 unspecified atom stereocenters. The molecule has 2 heterocycles. The van der Waals surface area contributed by atoms with Gasteiger partial charge in [0.2, 0.25) is 0 Å². The SMILES string of the molecule is CC(OC(=O)c1cnn2c(-c3ccccc3)ccnc12)C(=O)NC1CCCCC1C. The average Bonchev–Trinajstić information content (AvgIpc) is 3.20. The molecule has 3 aromatic rings. The number of nitrogens with zero attached hydrogens (tertiary/aromatic N) is 3. The van der Waals surface area contributed by atoms with Crippen molar-refractivity contribution in [3.8, 4) is 11.3 Å². The molecule has 0 aliphatic heterocycles. The summed E-state index contributed by atoms with van der Waals surface area (Å²) >= 11 is 0. The molecule has 2 aromatic heterocycles. The van der Waals surface area contributed by atoms with Crippen LogP contribution >= 0.6 is 0 Å². The Bertz CT molecular complexity index is 1050. The highest BCUT2D eigenvalue weighted by atomic mass is 16.5. The average molecular weight is 406 g/mol. The largest absolute Gasteiger partial charge is 0.449 e. The molecular formula is C23H26N4O3. The Morgan fingerprint density at radius 3 is 2.70 bits per heavy atom. The zero-order valence-electron chi connectivity index (χ0n) is 17.2. The molecule has 7 heteroatoms. The van der Waals surface area contributed by atoms with Crippen LogP contribution in [0.5, 0.6) is 0 Å². The monoisotopic (exact) mass is 406 g/mol. The lowest BCUT2D eigenvalue weighted by Crippen LogP contribution is -2.45. The predicted octanol–water partition coefficient (Wildman–Crippen LogP) is 3.64. The van der Waals surface area contributed by atoms with Crippen LogP contribution in [0.3, 0.4) is 0 Å². The fraction of sp³-hybridized carbons (Fsp3) is 0.391. The van der Waals surface area contributed by atoms with Crippen molar-refractivity contribution in [2.75, 3.05) is 0 Å². The molecule has 30 heavy (non-hydrogen) atoms. The molecule has 1 aromatic carbocycles. The maximum absolute atomic E-state index is 12.7. The number of benzene rings is 1. The van der Waals surface area contributed by atoms with Gasteiger partial charge in [-0.1, -0.05) is 50.1 Å². The number of ether oxygens (including phenoxy) is 1. The number of esters is 1. The van der Waals surface area contributed by atoms with Crippen LogP contribution in [0.4, 0.5) is 0 Å². The molecule has 1 amide bonds. The van der Waals surface area contributed by atoms with Gasteiger partial charge in [0.25, 0.3) is 5.91 Å². The minimum atomic E-state index is -0.890. The second kappa shape index (κ2) is 8.65. The van der Waals surface area contributed by atoms with E-state index in [1.54, 1.807) is 17.6 Å². The number of hydrogen-bond donors (Lipinski definition) is 1. The standard InChI is InChI=1S/C23H26N4O3/c1-15-8-6-7-11-19(15)26-22(28)16(2)30-23(29)18-14-25-27-20(12-13-24-21(18)27)17-9-4-3-5-10-17/h3-5,9-10,12-16,19H,6-8,11H2,1-2H3,(H,26,28). The molecule has 7 nitrogen and oxygen atoms in total. The number of aromatic nitrogens is 3. The van der Waals surface area contributed by atoms with Gasteiger partial charge < -0.3 is 10.1 Å². The predicted molar refractivity (Wildman–Crippen MR) is 113 cm³/mol. The van der Waals surface area contributed by atoms with E-state index < -0.39 is 12.1 Å². The first-order chi connectivity index (χ1) is 14.5. The summed E-state index contributed by atoms with van der Waals surface area (Å²) in [5, 5.41) is 7.36. The molecule has 156 valence electrons. The van der Waals surface area contributed by atoms with E-state index in [9.17, 15) is 9.59 Å². The Morgan fingerprint density at radius 1 is 1.17 bits per heavy atom. The van der Waals surface area contributed by atoms with Gasteiger partial charge in [-0.15, -0.1) is 0 Å². The number of rotatable bonds is 5. The lowest BCUT2D eigenvalue weighted by molar-refractivity contribution is -0.130. The van der Waals surface area contributed by atoms with Gasteiger partial charge in [-0.2, -0.15) is 5.10 Å². The lowest BCUT2D eigenvalue weighted by atomic mass is 9.86. The summed E-state index contributed by atoms with van der Waals surface area (Å²) in [6, 6.07) is 11.7. The van der Waals surface area contributed by atoms with E-state index in [1.165, 1.54) is 12.6 Å². The van der Waals surface area contributed by atoms with E-state index in [-0.39, 0.29) is 17.5 Å². The van der Waals surface area contributed by atoms with Crippen LogP contribution in [0.1, 0.15) is 49.9 Å². The summed E-state index contributed by atoms with van der Waals surface area (Å²) < 4.78 is 7.05. The van der Waals surface area contributed by atoms with E-state index in [1.807, 2.05) is 36.4 Å². The van der Waals surface area contributed by atoms with E-state index in [0.29, 0.717) is 11.6 Å². The Labute approximate surface area is 175 Å². The van der Waals surface area contributed by atoms with E-state index in [2.05, 4.69) is 22.3 Å². The molecule has 4 rings (SSSR count). The van der Waals surface area contributed by atoms with Gasteiger partial charge in [-0.25, -0.2) is 14.3 Å². The Morgan fingerprint density at radius 2 is 1.93 bits per heavy atom. The molecular weight excluding hydrogens is 380 g/mol. The van der Waals surface area contributed by atoms with Crippen molar-refractivity contribution in [2.24, 2.45) is 5.92 Å². The summed E-state index contributed by atoms with van der Waals surface area (Å²) in [6.45, 7) is 3.74. The molecule has 1 aliphatic carbocycles. The number of nitrogens with one attached hydrogen (secondary N) is 1. The molecule has 1 saturated carbocycles. The Kier molecular flexibility index (Phi) is 5.79. The number of amides is 1. The zero-order valence-corrected chi connectivity index (χ0v) is 17.2. The first-order valence-corrected chi connectivity index (χ1v) is 10.4. The van der Waals surface area contributed by atoms with Gasteiger partial charge in [0.05, 0.1) is 11.9 Å². The molecule has 3 atom stereocenters. The highest BCUT2D eigenvalue weighted by Gasteiger charge is 2.27. The van der Waals surface area contributed by atoms with E-state index >= 15 is 0 Å². The number of carbonyl (C=O) groups excluding carboxylic acids is 2. The lowest BCUT2D eigenvalue weighted by Gasteiger charge is -2.30. The normalized spacial score (nSPS) is 19.9. The summed E-state index contributed by atoms with van der Waals surface area (Å²) in [4.78, 5) is 29.6. The van der Waals surface area contributed by atoms with Crippen molar-refractivity contribution in [2.45, 2.75) is 51.7 Å². The number of hydrogen-bond acceptors (Lipinski definition) is 5. The van der Waals surface area contributed by atoms with Gasteiger partial charge in [0, 0.05) is 17.8 Å². The zero-order chi connectivity index (χ0) is 21.1. The van der Waals surface area contributed by atoms with Gasteiger partial charge in [-0.3, -0.25) is 4.79 Å². The van der Waals surface area contributed by atoms with Gasteiger partial charge in [0.1, 0.15) is 5.56 Å². The number of carbonyl (C=O) groups is 2. The summed E-state index contributed by atoms with van der Waals surface area (Å²) in [5.74, 6) is -0.440. The molecule has 1 aliphatic rings. The quantitative estimate of drug-likeness (QED) is 0.654. The topological polar surface area (TPSA) is 85.6 Å². The van der Waals surface area contributed by atoms with E-state index in [0.717, 1.165) is 30.5 Å². The maximum atomic E-state index is 12.7. The van der Waals surface area contributed by atoms with E-state index in [4.69, 9.17) is 4.74 Å². The third-order valence-electron chi connectivity index (χ3n) is 5.78. The molecule has 0 bridgehead atoms. The highest BCUT2D eigenvalue weighted by molar-refractivity contribution is 5.97. The first-order valence-electron chi connectivity index (χ1n) is 10.4. The highest BCUT2D eigenvalue weighted by Crippen LogP contribution is 2.24. The van der Waals surface area contributed by atoms with Gasteiger partial charge >= 0.3 is 5.97 Å². The minimum absolute atomic E-state index is 0.138. The molecule has 0 saturated heterocycles. The van der Waals surface area contributed by atoms with Gasteiger partial charge in [0.15, 0.2) is 11.8 Å². The Balaban J connectivity index is 1.49. The van der Waals surface area contributed by atoms with Gasteiger partial charge in [-0.05, 0) is 31.7 Å². The molecule has 1 N–H and O–H groups in total. The summed E-state index contributed by atoms with van der Waals surface area (Å²) in [7, 11) is 0. The smallest absolute Gasteiger partial charge is 0.344 e. The van der Waals surface area contributed by atoms with Crippen LogP contribution in [-0.4, -0.2) is 38.6 Å². The van der Waals surface area contributed by atoms with Crippen LogP contribution < -0.4 is 5.32 Å². The number of fused-ring (bicyclic) bond motifs is 1. The van der Waals surface area contributed by atoms with Crippen molar-refractivity contribution < 1.29 is 14.3 Å². The second-order valence-corrected chi connectivity index (χ2v) is 7.91. The molecule has 1 fully saturated rings. The Hall–Kier alpha value is -3.22. The van der Waals surface area contributed by atoms with Crippen molar-refractivity contribution in [3.63, 3.8) is 0 Å².